The van der Waals surface area contributed by atoms with E-state index in [9.17, 15) is 22.8 Å². The van der Waals surface area contributed by atoms with Gasteiger partial charge < -0.3 is 25.4 Å². The average Bonchev–Trinajstić information content (AvgIpc) is 2.70. The van der Waals surface area contributed by atoms with E-state index in [4.69, 9.17) is 21.1 Å². The number of cyclic esters (lactones) is 2. The van der Waals surface area contributed by atoms with Crippen LogP contribution in [-0.4, -0.2) is 35.8 Å². The second kappa shape index (κ2) is 9.57. The van der Waals surface area contributed by atoms with Crippen LogP contribution in [0.1, 0.15) is 19.4 Å². The molecule has 1 aromatic heterocycles. The van der Waals surface area contributed by atoms with Crippen LogP contribution in [0.2, 0.25) is 5.02 Å². The number of para-hydroxylation sites is 2. The molecule has 0 bridgehead atoms. The molecule has 2 aromatic rings. The number of rotatable bonds is 7. The minimum absolute atomic E-state index is 0.125. The van der Waals surface area contributed by atoms with Gasteiger partial charge in [-0.1, -0.05) is 23.7 Å². The highest BCUT2D eigenvalue weighted by Gasteiger charge is 2.39. The highest BCUT2D eigenvalue weighted by molar-refractivity contribution is 6.33. The van der Waals surface area contributed by atoms with E-state index in [1.54, 1.807) is 24.3 Å². The van der Waals surface area contributed by atoms with Gasteiger partial charge in [0.1, 0.15) is 5.82 Å². The molecule has 0 saturated carbocycles. The van der Waals surface area contributed by atoms with Crippen molar-refractivity contribution in [3.8, 4) is 0 Å². The SMILES string of the molecule is CC1(C)OC(=O)C(=CNc2ccccc2NCCNc2ncc(C(F)(F)F)cc2Cl)C(=O)O1. The number of aromatic nitrogens is 1. The summed E-state index contributed by atoms with van der Waals surface area (Å²) in [6.07, 6.45) is -2.62. The van der Waals surface area contributed by atoms with Crippen LogP contribution < -0.4 is 16.0 Å². The van der Waals surface area contributed by atoms with Crippen molar-refractivity contribution in [1.29, 1.82) is 0 Å². The van der Waals surface area contributed by atoms with Crippen LogP contribution >= 0.6 is 11.6 Å². The van der Waals surface area contributed by atoms with E-state index in [1.165, 1.54) is 20.0 Å². The number of nitrogens with one attached hydrogen (secondary N) is 3. The molecular weight excluding hydrogens is 465 g/mol. The zero-order chi connectivity index (χ0) is 24.2. The molecule has 0 radical (unpaired) electrons. The maximum atomic E-state index is 12.7. The zero-order valence-corrected chi connectivity index (χ0v) is 18.3. The monoisotopic (exact) mass is 484 g/mol. The summed E-state index contributed by atoms with van der Waals surface area (Å²) in [6.45, 7) is 3.55. The molecule has 0 aliphatic carbocycles. The fourth-order valence-corrected chi connectivity index (χ4v) is 3.03. The molecule has 33 heavy (non-hydrogen) atoms. The van der Waals surface area contributed by atoms with Crippen molar-refractivity contribution in [2.75, 3.05) is 29.0 Å². The van der Waals surface area contributed by atoms with Crippen LogP contribution in [0.25, 0.3) is 0 Å². The maximum Gasteiger partial charge on any atom is 0.417 e. The third-order valence-corrected chi connectivity index (χ3v) is 4.61. The number of hydrogen-bond donors (Lipinski definition) is 3. The van der Waals surface area contributed by atoms with Crippen molar-refractivity contribution < 1.29 is 32.2 Å². The lowest BCUT2D eigenvalue weighted by Crippen LogP contribution is -2.42. The molecule has 1 fully saturated rings. The first-order valence-corrected chi connectivity index (χ1v) is 10.1. The Hall–Kier alpha value is -3.47. The molecular formula is C21H20ClF3N4O4. The minimum atomic E-state index is -4.52. The van der Waals surface area contributed by atoms with E-state index in [1.807, 2.05) is 0 Å². The van der Waals surface area contributed by atoms with Crippen LogP contribution in [0.4, 0.5) is 30.4 Å². The first kappa shape index (κ1) is 24.2. The first-order chi connectivity index (χ1) is 15.5. The molecule has 2 heterocycles. The fraction of sp³-hybridized carbons (Fsp3) is 0.286. The number of halogens is 4. The number of esters is 2. The van der Waals surface area contributed by atoms with Crippen molar-refractivity contribution in [2.45, 2.75) is 25.8 Å². The summed E-state index contributed by atoms with van der Waals surface area (Å²) in [5, 5.41) is 8.71. The number of carbonyl (C=O) groups is 2. The standard InChI is InChI=1S/C21H20ClF3N4O4/c1-20(2)32-18(30)13(19(31)33-20)11-28-16-6-4-3-5-15(16)26-7-8-27-17-14(22)9-12(10-29-17)21(23,24)25/h3-6,9-11,26,28H,7-8H2,1-2H3,(H,27,29). The highest BCUT2D eigenvalue weighted by atomic mass is 35.5. The number of nitrogens with zero attached hydrogens (tertiary/aromatic N) is 1. The molecule has 12 heteroatoms. The van der Waals surface area contributed by atoms with Crippen LogP contribution in [0, 0.1) is 0 Å². The van der Waals surface area contributed by atoms with Gasteiger partial charge in [-0.05, 0) is 18.2 Å². The molecule has 8 nitrogen and oxygen atoms in total. The van der Waals surface area contributed by atoms with Crippen molar-refractivity contribution in [2.24, 2.45) is 0 Å². The summed E-state index contributed by atoms with van der Waals surface area (Å²) in [4.78, 5) is 27.8. The lowest BCUT2D eigenvalue weighted by Gasteiger charge is -2.29. The predicted molar refractivity (Wildman–Crippen MR) is 116 cm³/mol. The summed E-state index contributed by atoms with van der Waals surface area (Å²) in [5.41, 5.74) is -0.0185. The van der Waals surface area contributed by atoms with E-state index in [2.05, 4.69) is 20.9 Å². The van der Waals surface area contributed by atoms with Crippen molar-refractivity contribution in [3.05, 3.63) is 58.9 Å². The Morgan fingerprint density at radius 2 is 1.67 bits per heavy atom. The van der Waals surface area contributed by atoms with Gasteiger partial charge in [0.25, 0.3) is 5.79 Å². The Labute approximate surface area is 192 Å². The maximum absolute atomic E-state index is 12.7. The number of alkyl halides is 3. The van der Waals surface area contributed by atoms with E-state index in [-0.39, 0.29) is 16.4 Å². The molecule has 0 unspecified atom stereocenters. The lowest BCUT2D eigenvalue weighted by atomic mass is 10.2. The topological polar surface area (TPSA) is 102 Å². The van der Waals surface area contributed by atoms with Crippen LogP contribution in [0.15, 0.2) is 48.3 Å². The molecule has 3 rings (SSSR count). The summed E-state index contributed by atoms with van der Waals surface area (Å²) >= 11 is 5.88. The largest absolute Gasteiger partial charge is 0.419 e. The number of ether oxygens (including phenoxy) is 2. The lowest BCUT2D eigenvalue weighted by molar-refractivity contribution is -0.222. The first-order valence-electron chi connectivity index (χ1n) is 9.69. The second-order valence-corrected chi connectivity index (χ2v) is 7.74. The molecule has 1 aliphatic heterocycles. The average molecular weight is 485 g/mol. The van der Waals surface area contributed by atoms with Gasteiger partial charge in [-0.25, -0.2) is 14.6 Å². The van der Waals surface area contributed by atoms with E-state index in [0.717, 1.165) is 6.07 Å². The third-order valence-electron chi connectivity index (χ3n) is 4.32. The molecule has 3 N–H and O–H groups in total. The Kier molecular flexibility index (Phi) is 7.01. The third kappa shape index (κ3) is 6.28. The van der Waals surface area contributed by atoms with Gasteiger partial charge >= 0.3 is 18.1 Å². The van der Waals surface area contributed by atoms with Gasteiger partial charge in [0.15, 0.2) is 5.57 Å². The van der Waals surface area contributed by atoms with E-state index < -0.39 is 29.5 Å². The summed E-state index contributed by atoms with van der Waals surface area (Å²) in [7, 11) is 0. The molecule has 0 atom stereocenters. The molecule has 1 aliphatic rings. The Morgan fingerprint density at radius 3 is 2.27 bits per heavy atom. The minimum Gasteiger partial charge on any atom is -0.419 e. The van der Waals surface area contributed by atoms with Crippen molar-refractivity contribution in [3.63, 3.8) is 0 Å². The predicted octanol–water partition coefficient (Wildman–Crippen LogP) is 4.41. The summed E-state index contributed by atoms with van der Waals surface area (Å²) < 4.78 is 48.2. The molecule has 176 valence electrons. The smallest absolute Gasteiger partial charge is 0.417 e. The quantitative estimate of drug-likeness (QED) is 0.230. The van der Waals surface area contributed by atoms with E-state index >= 15 is 0 Å². The van der Waals surface area contributed by atoms with Gasteiger partial charge in [-0.3, -0.25) is 0 Å². The number of benzene rings is 1. The van der Waals surface area contributed by atoms with E-state index in [0.29, 0.717) is 30.7 Å². The van der Waals surface area contributed by atoms with Crippen molar-refractivity contribution in [1.82, 2.24) is 4.98 Å². The Balaban J connectivity index is 1.58. The normalized spacial score (nSPS) is 15.4. The second-order valence-electron chi connectivity index (χ2n) is 7.33. The fourth-order valence-electron chi connectivity index (χ4n) is 2.79. The number of pyridine rings is 1. The molecule has 0 spiro atoms. The van der Waals surface area contributed by atoms with Crippen molar-refractivity contribution >= 4 is 40.7 Å². The Bertz CT molecular complexity index is 1070. The molecule has 0 amide bonds. The van der Waals surface area contributed by atoms with Gasteiger partial charge in [0, 0.05) is 39.3 Å². The number of hydrogen-bond acceptors (Lipinski definition) is 8. The van der Waals surface area contributed by atoms with Crippen LogP contribution in [0.3, 0.4) is 0 Å². The molecule has 1 saturated heterocycles. The zero-order valence-electron chi connectivity index (χ0n) is 17.5. The van der Waals surface area contributed by atoms with Gasteiger partial charge in [0.2, 0.25) is 0 Å². The highest BCUT2D eigenvalue weighted by Crippen LogP contribution is 2.32. The van der Waals surface area contributed by atoms with Crippen LogP contribution in [0.5, 0.6) is 0 Å². The summed E-state index contributed by atoms with van der Waals surface area (Å²) in [6, 6.07) is 7.79. The van der Waals surface area contributed by atoms with Crippen LogP contribution in [-0.2, 0) is 25.2 Å². The van der Waals surface area contributed by atoms with Gasteiger partial charge in [0.05, 0.1) is 22.0 Å². The summed E-state index contributed by atoms with van der Waals surface area (Å²) in [5.74, 6) is -2.82. The van der Waals surface area contributed by atoms with Gasteiger partial charge in [-0.2, -0.15) is 13.2 Å². The van der Waals surface area contributed by atoms with Gasteiger partial charge in [-0.15, -0.1) is 0 Å². The number of anilines is 3. The Morgan fingerprint density at radius 1 is 1.06 bits per heavy atom. The molecule has 1 aromatic carbocycles. The number of carbonyl (C=O) groups excluding carboxylic acids is 2.